The van der Waals surface area contributed by atoms with E-state index in [-0.39, 0.29) is 24.9 Å². The van der Waals surface area contributed by atoms with E-state index >= 15 is 0 Å². The van der Waals surface area contributed by atoms with Crippen molar-refractivity contribution in [2.75, 3.05) is 13.7 Å². The second-order valence-electron chi connectivity index (χ2n) is 10.9. The van der Waals surface area contributed by atoms with Crippen molar-refractivity contribution in [3.63, 3.8) is 0 Å². The Balaban J connectivity index is 1.79. The van der Waals surface area contributed by atoms with Crippen LogP contribution in [-0.4, -0.2) is 59.3 Å². The first-order valence-electron chi connectivity index (χ1n) is 12.2. The molecule has 0 amide bonds. The summed E-state index contributed by atoms with van der Waals surface area (Å²) in [5, 5.41) is 23.0. The van der Waals surface area contributed by atoms with Gasteiger partial charge >= 0.3 is 11.9 Å². The van der Waals surface area contributed by atoms with Gasteiger partial charge in [-0.2, -0.15) is 0 Å². The lowest BCUT2D eigenvalue weighted by atomic mass is 9.41. The maximum atomic E-state index is 13.1. The van der Waals surface area contributed by atoms with E-state index in [2.05, 4.69) is 0 Å². The van der Waals surface area contributed by atoms with Gasteiger partial charge in [0, 0.05) is 30.4 Å². The number of esters is 2. The Hall–Kier alpha value is -2.48. The van der Waals surface area contributed by atoms with Crippen LogP contribution in [0.5, 0.6) is 0 Å². The van der Waals surface area contributed by atoms with Crippen LogP contribution in [0, 0.1) is 16.7 Å². The zero-order valence-corrected chi connectivity index (χ0v) is 21.1. The highest BCUT2D eigenvalue weighted by atomic mass is 16.6. The maximum absolute atomic E-state index is 13.1. The first-order chi connectivity index (χ1) is 16.4. The minimum Gasteiger partial charge on any atom is -0.458 e. The van der Waals surface area contributed by atoms with Crippen LogP contribution < -0.4 is 0 Å². The average Bonchev–Trinajstić information content (AvgIpc) is 3.25. The summed E-state index contributed by atoms with van der Waals surface area (Å²) in [6.07, 6.45) is 4.98. The molecule has 2 fully saturated rings. The van der Waals surface area contributed by atoms with Crippen molar-refractivity contribution in [1.29, 1.82) is 0 Å². The second-order valence-corrected chi connectivity index (χ2v) is 10.9. The summed E-state index contributed by atoms with van der Waals surface area (Å²) in [4.78, 5) is 24.7. The smallest absolute Gasteiger partial charge is 0.338 e. The van der Waals surface area contributed by atoms with Crippen LogP contribution >= 0.6 is 0 Å². The van der Waals surface area contributed by atoms with Crippen LogP contribution in [0.4, 0.5) is 0 Å². The summed E-state index contributed by atoms with van der Waals surface area (Å²) in [6.45, 7) is 7.81. The minimum atomic E-state index is -1.25. The van der Waals surface area contributed by atoms with Crippen LogP contribution in [0.2, 0.25) is 0 Å². The summed E-state index contributed by atoms with van der Waals surface area (Å²) in [5.74, 6) is -1.07. The quantitative estimate of drug-likeness (QED) is 0.616. The number of fused-ring (bicyclic) bond motifs is 1. The number of aliphatic hydroxyl groups excluding tert-OH is 1. The summed E-state index contributed by atoms with van der Waals surface area (Å²) >= 11 is 0. The molecule has 7 heteroatoms. The van der Waals surface area contributed by atoms with Gasteiger partial charge in [0.05, 0.1) is 22.9 Å². The monoisotopic (exact) mass is 484 g/mol. The predicted octanol–water partition coefficient (Wildman–Crippen LogP) is 3.59. The van der Waals surface area contributed by atoms with Crippen molar-refractivity contribution in [2.24, 2.45) is 16.7 Å². The Labute approximate surface area is 206 Å². The fourth-order valence-corrected chi connectivity index (χ4v) is 6.59. The number of ether oxygens (including phenoxy) is 3. The van der Waals surface area contributed by atoms with Crippen molar-refractivity contribution in [3.05, 3.63) is 59.7 Å². The van der Waals surface area contributed by atoms with E-state index in [1.807, 2.05) is 39.0 Å². The van der Waals surface area contributed by atoms with Gasteiger partial charge in [-0.3, -0.25) is 0 Å². The van der Waals surface area contributed by atoms with Crippen molar-refractivity contribution in [3.8, 4) is 0 Å². The Morgan fingerprint density at radius 3 is 2.43 bits per heavy atom. The molecule has 0 radical (unpaired) electrons. The zero-order valence-electron chi connectivity index (χ0n) is 21.1. The number of rotatable bonds is 5. The van der Waals surface area contributed by atoms with E-state index in [4.69, 9.17) is 14.2 Å². The summed E-state index contributed by atoms with van der Waals surface area (Å²) < 4.78 is 17.2. The predicted molar refractivity (Wildman–Crippen MR) is 129 cm³/mol. The molecule has 1 aromatic carbocycles. The Bertz CT molecular complexity index is 1040. The lowest BCUT2D eigenvalue weighted by molar-refractivity contribution is -0.295. The highest BCUT2D eigenvalue weighted by molar-refractivity contribution is 5.89. The topological polar surface area (TPSA) is 102 Å². The number of aliphatic hydroxyl groups is 2. The minimum absolute atomic E-state index is 0.152. The summed E-state index contributed by atoms with van der Waals surface area (Å²) in [7, 11) is 1.57. The molecule has 35 heavy (non-hydrogen) atoms. The van der Waals surface area contributed by atoms with E-state index < -0.39 is 40.2 Å². The van der Waals surface area contributed by atoms with Gasteiger partial charge < -0.3 is 24.4 Å². The standard InChI is InChI=1S/C28H36O7/c1-25(14-13-18-15-23(30)34-17-18)20-11-12-21(29)28(4,33-5)27(20,3)22(16-26(25,2)32)35-24(31)19-9-7-6-8-10-19/h6-10,13-15,20-22,29,32H,11-12,16-17H2,1-5H3/t20-,21-,22+,25-,26+,27+,28+/m1/s1. The van der Waals surface area contributed by atoms with E-state index in [1.54, 1.807) is 38.3 Å². The SMILES string of the molecule is CO[C@@]1(C)[C@H](O)CC[C@H]2[C@@]1(C)[C@@H](OC(=O)c1ccccc1)C[C@](C)(O)[C@]2(C)C=CC1=CC(=O)OC1. The molecular formula is C28H36O7. The lowest BCUT2D eigenvalue weighted by Crippen LogP contribution is -2.74. The van der Waals surface area contributed by atoms with Gasteiger partial charge in [0.2, 0.25) is 0 Å². The molecule has 0 spiro atoms. The molecule has 2 aliphatic carbocycles. The molecule has 0 bridgehead atoms. The largest absolute Gasteiger partial charge is 0.458 e. The fraction of sp³-hybridized carbons (Fsp3) is 0.571. The zero-order chi connectivity index (χ0) is 25.6. The van der Waals surface area contributed by atoms with E-state index in [0.29, 0.717) is 18.4 Å². The van der Waals surface area contributed by atoms with Crippen LogP contribution in [0.15, 0.2) is 54.1 Å². The van der Waals surface area contributed by atoms with Gasteiger partial charge in [-0.05, 0) is 50.3 Å². The molecule has 2 N–H and O–H groups in total. The molecule has 0 aromatic heterocycles. The molecule has 0 unspecified atom stereocenters. The van der Waals surface area contributed by atoms with Gasteiger partial charge in [-0.25, -0.2) is 9.59 Å². The molecule has 1 aliphatic heterocycles. The maximum Gasteiger partial charge on any atom is 0.338 e. The van der Waals surface area contributed by atoms with Crippen LogP contribution in [0.3, 0.4) is 0 Å². The van der Waals surface area contributed by atoms with E-state index in [0.717, 1.165) is 5.57 Å². The molecule has 190 valence electrons. The van der Waals surface area contributed by atoms with E-state index in [1.165, 1.54) is 6.08 Å². The summed E-state index contributed by atoms with van der Waals surface area (Å²) in [5.41, 5.74) is -2.73. The number of methoxy groups -OCH3 is 1. The molecule has 7 atom stereocenters. The molecule has 3 aliphatic rings. The molecule has 4 rings (SSSR count). The highest BCUT2D eigenvalue weighted by Gasteiger charge is 2.71. The Morgan fingerprint density at radius 2 is 1.83 bits per heavy atom. The number of cyclic esters (lactones) is 1. The van der Waals surface area contributed by atoms with Crippen molar-refractivity contribution in [2.45, 2.75) is 70.4 Å². The summed E-state index contributed by atoms with van der Waals surface area (Å²) in [6, 6.07) is 8.76. The van der Waals surface area contributed by atoms with Crippen LogP contribution in [-0.2, 0) is 19.0 Å². The van der Waals surface area contributed by atoms with Crippen LogP contribution in [0.1, 0.15) is 57.3 Å². The molecule has 7 nitrogen and oxygen atoms in total. The average molecular weight is 485 g/mol. The Morgan fingerprint density at radius 1 is 1.14 bits per heavy atom. The molecule has 0 saturated heterocycles. The normalized spacial score (nSPS) is 41.3. The number of benzene rings is 1. The lowest BCUT2D eigenvalue weighted by Gasteiger charge is -2.67. The van der Waals surface area contributed by atoms with Crippen molar-refractivity contribution < 1.29 is 34.0 Å². The third-order valence-corrected chi connectivity index (χ3v) is 9.31. The molecule has 1 aromatic rings. The van der Waals surface area contributed by atoms with Gasteiger partial charge in [0.1, 0.15) is 12.7 Å². The number of carbonyl (C=O) groups excluding carboxylic acids is 2. The van der Waals surface area contributed by atoms with Crippen molar-refractivity contribution in [1.82, 2.24) is 0 Å². The van der Waals surface area contributed by atoms with Gasteiger partial charge in [-0.1, -0.05) is 44.2 Å². The number of hydrogen-bond donors (Lipinski definition) is 2. The Kier molecular flexibility index (Phi) is 6.49. The van der Waals surface area contributed by atoms with Gasteiger partial charge in [0.15, 0.2) is 0 Å². The fourth-order valence-electron chi connectivity index (χ4n) is 6.59. The molecular weight excluding hydrogens is 448 g/mol. The first kappa shape index (κ1) is 25.6. The first-order valence-corrected chi connectivity index (χ1v) is 12.2. The third kappa shape index (κ3) is 3.94. The molecule has 1 heterocycles. The second kappa shape index (κ2) is 8.87. The number of hydrogen-bond acceptors (Lipinski definition) is 7. The number of carbonyl (C=O) groups is 2. The van der Waals surface area contributed by atoms with Gasteiger partial charge in [-0.15, -0.1) is 0 Å². The van der Waals surface area contributed by atoms with Crippen LogP contribution in [0.25, 0.3) is 0 Å². The molecule has 2 saturated carbocycles. The van der Waals surface area contributed by atoms with Crippen molar-refractivity contribution >= 4 is 11.9 Å². The third-order valence-electron chi connectivity index (χ3n) is 9.31. The highest BCUT2D eigenvalue weighted by Crippen LogP contribution is 2.66. The van der Waals surface area contributed by atoms with E-state index in [9.17, 15) is 19.8 Å². The van der Waals surface area contributed by atoms with Gasteiger partial charge in [0.25, 0.3) is 0 Å².